The molecular weight excluding hydrogens is 476 g/mol. The Balaban J connectivity index is 1.88. The third-order valence-electron chi connectivity index (χ3n) is 5.46. The van der Waals surface area contributed by atoms with E-state index in [0.717, 1.165) is 0 Å². The van der Waals surface area contributed by atoms with Crippen LogP contribution in [-0.4, -0.2) is 57.2 Å². The van der Waals surface area contributed by atoms with Crippen LogP contribution in [0.5, 0.6) is 0 Å². The molecule has 0 unspecified atom stereocenters. The van der Waals surface area contributed by atoms with Crippen LogP contribution in [0, 0.1) is 5.92 Å². The molecule has 1 heterocycles. The second-order valence-corrected chi connectivity index (χ2v) is 10.6. The number of nitrogens with zero attached hydrogens (tertiary/aromatic N) is 1. The number of hydrogen-bond acceptors (Lipinski definition) is 4. The first-order valence-corrected chi connectivity index (χ1v) is 11.9. The molecule has 13 heteroatoms. The number of rotatable bonds is 8. The predicted octanol–water partition coefficient (Wildman–Crippen LogP) is 3.49. The Labute approximate surface area is 188 Å². The Hall–Kier alpha value is -1.86. The summed E-state index contributed by atoms with van der Waals surface area (Å²) in [5.41, 5.74) is -3.78. The Morgan fingerprint density at radius 1 is 1.03 bits per heavy atom. The van der Waals surface area contributed by atoms with Crippen molar-refractivity contribution in [2.45, 2.75) is 44.3 Å². The maximum absolute atomic E-state index is 13.0. The van der Waals surface area contributed by atoms with Crippen LogP contribution in [0.2, 0.25) is 0 Å². The molecule has 188 valence electrons. The molecule has 6 nitrogen and oxygen atoms in total. The number of nitrogens with one attached hydrogen (secondary N) is 2. The van der Waals surface area contributed by atoms with Crippen LogP contribution in [-0.2, 0) is 22.4 Å². The van der Waals surface area contributed by atoms with Gasteiger partial charge in [-0.2, -0.15) is 26.3 Å². The molecule has 1 fully saturated rings. The van der Waals surface area contributed by atoms with Gasteiger partial charge in [-0.1, -0.05) is 0 Å². The molecule has 0 spiro atoms. The smallest absolute Gasteiger partial charge is 0.352 e. The number of carbonyl (C=O) groups excluding carboxylic acids is 1. The van der Waals surface area contributed by atoms with Crippen LogP contribution >= 0.6 is 0 Å². The molecule has 1 saturated heterocycles. The molecule has 0 bridgehead atoms. The highest BCUT2D eigenvalue weighted by molar-refractivity contribution is 7.90. The number of piperidine rings is 1. The van der Waals surface area contributed by atoms with Gasteiger partial charge in [-0.05, 0) is 63.9 Å². The summed E-state index contributed by atoms with van der Waals surface area (Å²) in [7, 11) is -3.34. The fraction of sp³-hybridized carbons (Fsp3) is 0.650. The van der Waals surface area contributed by atoms with E-state index in [0.29, 0.717) is 44.6 Å². The second-order valence-electron chi connectivity index (χ2n) is 8.28. The molecule has 33 heavy (non-hydrogen) atoms. The summed E-state index contributed by atoms with van der Waals surface area (Å²) in [6.45, 7) is 5.30. The maximum atomic E-state index is 13.0. The van der Waals surface area contributed by atoms with Crippen molar-refractivity contribution in [1.29, 1.82) is 0 Å². The molecule has 2 N–H and O–H groups in total. The molecule has 1 aromatic carbocycles. The topological polar surface area (TPSA) is 78.5 Å². The number of benzene rings is 1. The molecule has 2 rings (SSSR count). The van der Waals surface area contributed by atoms with Gasteiger partial charge in [0, 0.05) is 25.2 Å². The minimum absolute atomic E-state index is 0.00504. The van der Waals surface area contributed by atoms with Crippen molar-refractivity contribution in [2.75, 3.05) is 32.7 Å². The number of carbonyl (C=O) groups is 1. The van der Waals surface area contributed by atoms with E-state index < -0.39 is 50.2 Å². The first-order chi connectivity index (χ1) is 15.1. The van der Waals surface area contributed by atoms with Crippen LogP contribution in [0.4, 0.5) is 26.3 Å². The van der Waals surface area contributed by atoms with Gasteiger partial charge in [0.2, 0.25) is 10.0 Å². The van der Waals surface area contributed by atoms with E-state index in [9.17, 15) is 39.6 Å². The van der Waals surface area contributed by atoms with Crippen LogP contribution in [0.3, 0.4) is 0 Å². The van der Waals surface area contributed by atoms with E-state index in [2.05, 4.69) is 10.0 Å². The van der Waals surface area contributed by atoms with Crippen molar-refractivity contribution in [2.24, 2.45) is 5.92 Å². The summed E-state index contributed by atoms with van der Waals surface area (Å²) in [4.78, 5) is 14.3. The summed E-state index contributed by atoms with van der Waals surface area (Å²) >= 11 is 0. The average Bonchev–Trinajstić information content (AvgIpc) is 2.71. The summed E-state index contributed by atoms with van der Waals surface area (Å²) < 4.78 is 104. The summed E-state index contributed by atoms with van der Waals surface area (Å²) in [6.07, 6.45) is -8.75. The molecule has 0 aromatic heterocycles. The van der Waals surface area contributed by atoms with Crippen molar-refractivity contribution >= 4 is 15.9 Å². The zero-order valence-corrected chi connectivity index (χ0v) is 19.0. The zero-order valence-electron chi connectivity index (χ0n) is 18.2. The van der Waals surface area contributed by atoms with E-state index in [4.69, 9.17) is 0 Å². The maximum Gasteiger partial charge on any atom is 0.416 e. The van der Waals surface area contributed by atoms with E-state index in [-0.39, 0.29) is 25.1 Å². The van der Waals surface area contributed by atoms with Gasteiger partial charge in [0.1, 0.15) is 0 Å². The summed E-state index contributed by atoms with van der Waals surface area (Å²) in [5, 5.41) is 1.90. The fourth-order valence-electron chi connectivity index (χ4n) is 3.35. The van der Waals surface area contributed by atoms with E-state index in [1.807, 2.05) is 4.90 Å². The standard InChI is InChI=1S/C20H27F6N3O3S/c1-13(2)33(31,32)28-5-8-29-6-3-14(4-7-29)12-27-18(30)15-9-16(19(21,22)23)11-17(10-15)20(24,25)26/h9-11,13-14,28H,3-8,12H2,1-2H3,(H,27,30). The van der Waals surface area contributed by atoms with Crippen LogP contribution in [0.1, 0.15) is 48.2 Å². The highest BCUT2D eigenvalue weighted by atomic mass is 32.2. The fourth-order valence-corrected chi connectivity index (χ4v) is 4.06. The molecule has 1 aliphatic heterocycles. The van der Waals surface area contributed by atoms with Crippen molar-refractivity contribution < 1.29 is 39.6 Å². The molecule has 0 aliphatic carbocycles. The third-order valence-corrected chi connectivity index (χ3v) is 7.31. The monoisotopic (exact) mass is 503 g/mol. The Kier molecular flexibility index (Phi) is 8.80. The average molecular weight is 504 g/mol. The molecule has 1 aliphatic rings. The van der Waals surface area contributed by atoms with E-state index in [1.54, 1.807) is 13.8 Å². The van der Waals surface area contributed by atoms with Crippen LogP contribution in [0.25, 0.3) is 0 Å². The minimum atomic E-state index is -5.02. The van der Waals surface area contributed by atoms with Gasteiger partial charge < -0.3 is 10.2 Å². The Morgan fingerprint density at radius 2 is 1.55 bits per heavy atom. The first-order valence-electron chi connectivity index (χ1n) is 10.4. The van der Waals surface area contributed by atoms with Crippen LogP contribution in [0.15, 0.2) is 18.2 Å². The lowest BCUT2D eigenvalue weighted by molar-refractivity contribution is -0.143. The van der Waals surface area contributed by atoms with E-state index >= 15 is 0 Å². The molecule has 0 radical (unpaired) electrons. The number of sulfonamides is 1. The van der Waals surface area contributed by atoms with Gasteiger partial charge in [0.15, 0.2) is 0 Å². The quantitative estimate of drug-likeness (QED) is 0.533. The summed E-state index contributed by atoms with van der Waals surface area (Å²) in [6, 6.07) is 0.796. The number of amides is 1. The second kappa shape index (κ2) is 10.6. The van der Waals surface area contributed by atoms with Crippen molar-refractivity contribution in [3.05, 3.63) is 34.9 Å². The predicted molar refractivity (Wildman–Crippen MR) is 110 cm³/mol. The van der Waals surface area contributed by atoms with Gasteiger partial charge >= 0.3 is 12.4 Å². The minimum Gasteiger partial charge on any atom is -0.352 e. The normalized spacial score (nSPS) is 16.9. The van der Waals surface area contributed by atoms with Gasteiger partial charge in [0.05, 0.1) is 16.4 Å². The molecule has 0 saturated carbocycles. The number of hydrogen-bond donors (Lipinski definition) is 2. The first kappa shape index (κ1) is 27.4. The number of halogens is 6. The van der Waals surface area contributed by atoms with Gasteiger partial charge in [-0.25, -0.2) is 13.1 Å². The van der Waals surface area contributed by atoms with Crippen molar-refractivity contribution in [3.8, 4) is 0 Å². The largest absolute Gasteiger partial charge is 0.416 e. The lowest BCUT2D eigenvalue weighted by atomic mass is 9.96. The highest BCUT2D eigenvalue weighted by Gasteiger charge is 2.37. The molecule has 1 aromatic rings. The van der Waals surface area contributed by atoms with Gasteiger partial charge in [0.25, 0.3) is 5.91 Å². The van der Waals surface area contributed by atoms with E-state index in [1.165, 1.54) is 0 Å². The SMILES string of the molecule is CC(C)S(=O)(=O)NCCN1CCC(CNC(=O)c2cc(C(F)(F)F)cc(C(F)(F)F)c2)CC1. The van der Waals surface area contributed by atoms with Crippen molar-refractivity contribution in [3.63, 3.8) is 0 Å². The van der Waals surface area contributed by atoms with Gasteiger partial charge in [-0.15, -0.1) is 0 Å². The number of likely N-dealkylation sites (tertiary alicyclic amines) is 1. The molecule has 1 amide bonds. The van der Waals surface area contributed by atoms with Crippen molar-refractivity contribution in [1.82, 2.24) is 14.9 Å². The van der Waals surface area contributed by atoms with Crippen LogP contribution < -0.4 is 10.0 Å². The zero-order chi connectivity index (χ0) is 25.0. The lowest BCUT2D eigenvalue weighted by Crippen LogP contribution is -2.42. The highest BCUT2D eigenvalue weighted by Crippen LogP contribution is 2.36. The molecule has 0 atom stereocenters. The Morgan fingerprint density at radius 3 is 2.00 bits per heavy atom. The molecular formula is C20H27F6N3O3S. The number of alkyl halides is 6. The third kappa shape index (κ3) is 8.14. The van der Waals surface area contributed by atoms with Gasteiger partial charge in [-0.3, -0.25) is 4.79 Å². The summed E-state index contributed by atoms with van der Waals surface area (Å²) in [5.74, 6) is -0.998. The lowest BCUT2D eigenvalue weighted by Gasteiger charge is -2.32. The Bertz CT molecular complexity index is 892.